The summed E-state index contributed by atoms with van der Waals surface area (Å²) in [4.78, 5) is 36.0. The number of carbonyl (C=O) groups excluding carboxylic acids is 2. The van der Waals surface area contributed by atoms with Gasteiger partial charge in [0, 0.05) is 38.1 Å². The van der Waals surface area contributed by atoms with E-state index in [1.807, 2.05) is 48.2 Å². The van der Waals surface area contributed by atoms with Crippen LogP contribution in [0.1, 0.15) is 26.6 Å². The zero-order chi connectivity index (χ0) is 24.2. The van der Waals surface area contributed by atoms with Crippen LogP contribution >= 0.6 is 11.3 Å². The molecule has 0 atom stereocenters. The highest BCUT2D eigenvalue weighted by atomic mass is 32.1. The van der Waals surface area contributed by atoms with Crippen LogP contribution in [0.4, 0.5) is 5.69 Å². The van der Waals surface area contributed by atoms with E-state index in [0.29, 0.717) is 31.1 Å². The van der Waals surface area contributed by atoms with E-state index >= 15 is 0 Å². The topological polar surface area (TPSA) is 66.0 Å². The quantitative estimate of drug-likeness (QED) is 0.527. The van der Waals surface area contributed by atoms with E-state index in [4.69, 9.17) is 4.74 Å². The minimum atomic E-state index is -0.109. The van der Waals surface area contributed by atoms with Crippen molar-refractivity contribution in [1.29, 1.82) is 0 Å². The number of ether oxygens (including phenoxy) is 1. The summed E-state index contributed by atoms with van der Waals surface area (Å²) in [5.74, 6) is 0.548. The van der Waals surface area contributed by atoms with Crippen molar-refractivity contribution in [2.75, 3.05) is 44.2 Å². The Labute approximate surface area is 209 Å². The summed E-state index contributed by atoms with van der Waals surface area (Å²) in [5.41, 5.74) is 3.46. The zero-order valence-corrected chi connectivity index (χ0v) is 20.5. The molecule has 1 saturated heterocycles. The summed E-state index contributed by atoms with van der Waals surface area (Å²) >= 11 is 1.41. The maximum absolute atomic E-state index is 13.0. The van der Waals surface area contributed by atoms with Crippen LogP contribution in [0.25, 0.3) is 6.08 Å². The van der Waals surface area contributed by atoms with E-state index in [-0.39, 0.29) is 18.4 Å². The molecule has 35 heavy (non-hydrogen) atoms. The molecule has 0 N–H and O–H groups in total. The summed E-state index contributed by atoms with van der Waals surface area (Å²) in [7, 11) is 0. The lowest BCUT2D eigenvalue weighted by Crippen LogP contribution is -2.48. The fourth-order valence-electron chi connectivity index (χ4n) is 4.30. The van der Waals surface area contributed by atoms with Crippen LogP contribution in [-0.4, -0.2) is 65.9 Å². The Hall–Kier alpha value is -3.49. The maximum atomic E-state index is 13.0. The Morgan fingerprint density at radius 3 is 2.71 bits per heavy atom. The number of rotatable bonds is 6. The molecule has 0 aliphatic carbocycles. The van der Waals surface area contributed by atoms with Crippen molar-refractivity contribution >= 4 is 34.9 Å². The summed E-state index contributed by atoms with van der Waals surface area (Å²) < 4.78 is 5.59. The van der Waals surface area contributed by atoms with E-state index in [9.17, 15) is 9.59 Å². The molecule has 3 aromatic rings. The molecule has 1 aromatic heterocycles. The number of nitrogens with zero attached hydrogens (tertiary/aromatic N) is 4. The average Bonchev–Trinajstić information content (AvgIpc) is 3.35. The third-order valence-corrected chi connectivity index (χ3v) is 7.09. The number of benzene rings is 2. The molecule has 2 amide bonds. The van der Waals surface area contributed by atoms with Gasteiger partial charge in [0.25, 0.3) is 11.8 Å². The molecule has 3 heterocycles. The third-order valence-electron chi connectivity index (χ3n) is 6.26. The second kappa shape index (κ2) is 10.4. The van der Waals surface area contributed by atoms with Crippen molar-refractivity contribution in [3.05, 3.63) is 81.8 Å². The number of aryl methyl sites for hydroxylation is 1. The van der Waals surface area contributed by atoms with Gasteiger partial charge < -0.3 is 9.64 Å². The Kier molecular flexibility index (Phi) is 6.92. The molecule has 2 aliphatic heterocycles. The number of piperazine rings is 1. The van der Waals surface area contributed by atoms with Crippen LogP contribution in [-0.2, 0) is 11.3 Å². The van der Waals surface area contributed by atoms with Gasteiger partial charge in [-0.3, -0.25) is 19.4 Å². The molecule has 5 rings (SSSR count). The molecule has 0 spiro atoms. The highest BCUT2D eigenvalue weighted by molar-refractivity contribution is 7.09. The van der Waals surface area contributed by atoms with Crippen LogP contribution in [0.15, 0.2) is 60.0 Å². The van der Waals surface area contributed by atoms with Crippen LogP contribution in [0.5, 0.6) is 5.75 Å². The van der Waals surface area contributed by atoms with Gasteiger partial charge in [-0.2, -0.15) is 0 Å². The minimum Gasteiger partial charge on any atom is -0.482 e. The first-order valence-corrected chi connectivity index (χ1v) is 12.7. The van der Waals surface area contributed by atoms with E-state index < -0.39 is 0 Å². The number of hydrogen-bond donors (Lipinski definition) is 0. The number of fused-ring (bicyclic) bond motifs is 1. The summed E-state index contributed by atoms with van der Waals surface area (Å²) in [6.07, 6.45) is 4.30. The summed E-state index contributed by atoms with van der Waals surface area (Å²) in [5, 5.41) is 2.54. The van der Waals surface area contributed by atoms with Crippen molar-refractivity contribution in [3.63, 3.8) is 0 Å². The number of carbonyl (C=O) groups is 2. The molecule has 0 unspecified atom stereocenters. The summed E-state index contributed by atoms with van der Waals surface area (Å²) in [6.45, 7) is 6.23. The third kappa shape index (κ3) is 5.44. The molecule has 2 aliphatic rings. The first-order chi connectivity index (χ1) is 17.1. The van der Waals surface area contributed by atoms with E-state index in [1.165, 1.54) is 16.9 Å². The van der Waals surface area contributed by atoms with Crippen LogP contribution in [0.2, 0.25) is 0 Å². The van der Waals surface area contributed by atoms with Gasteiger partial charge >= 0.3 is 0 Å². The monoisotopic (exact) mass is 488 g/mol. The molecule has 7 nitrogen and oxygen atoms in total. The number of amides is 2. The Morgan fingerprint density at radius 1 is 1.11 bits per heavy atom. The predicted octanol–water partition coefficient (Wildman–Crippen LogP) is 3.85. The van der Waals surface area contributed by atoms with Crippen molar-refractivity contribution in [1.82, 2.24) is 14.8 Å². The van der Waals surface area contributed by atoms with Crippen molar-refractivity contribution in [2.45, 2.75) is 13.5 Å². The molecular formula is C27H28N4O3S. The molecular weight excluding hydrogens is 460 g/mol. The molecule has 0 bridgehead atoms. The highest BCUT2D eigenvalue weighted by Crippen LogP contribution is 2.34. The van der Waals surface area contributed by atoms with Crippen LogP contribution in [0.3, 0.4) is 0 Å². The highest BCUT2D eigenvalue weighted by Gasteiger charge is 2.28. The number of thiazole rings is 1. The number of hydrogen-bond acceptors (Lipinski definition) is 6. The van der Waals surface area contributed by atoms with E-state index in [0.717, 1.165) is 35.9 Å². The maximum Gasteiger partial charge on any atom is 0.273 e. The molecule has 0 radical (unpaired) electrons. The lowest BCUT2D eigenvalue weighted by molar-refractivity contribution is -0.121. The SMILES string of the molecule is Cc1ccc2c(c1)OCC(=O)N2Cc1nc(C(=O)N2CCN(CC=Cc3ccccc3)CC2)cs1. The number of anilines is 1. The Bertz CT molecular complexity index is 1230. The van der Waals surface area contributed by atoms with Crippen molar-refractivity contribution in [2.24, 2.45) is 0 Å². The van der Waals surface area contributed by atoms with Crippen LogP contribution < -0.4 is 9.64 Å². The van der Waals surface area contributed by atoms with Gasteiger partial charge in [-0.15, -0.1) is 11.3 Å². The molecule has 180 valence electrons. The van der Waals surface area contributed by atoms with Crippen molar-refractivity contribution in [3.8, 4) is 5.75 Å². The second-order valence-corrected chi connectivity index (χ2v) is 9.71. The molecule has 2 aromatic carbocycles. The number of aromatic nitrogens is 1. The fraction of sp³-hybridized carbons (Fsp3) is 0.296. The normalized spacial score (nSPS) is 16.4. The van der Waals surface area contributed by atoms with Gasteiger partial charge in [0.1, 0.15) is 16.5 Å². The predicted molar refractivity (Wildman–Crippen MR) is 138 cm³/mol. The van der Waals surface area contributed by atoms with Gasteiger partial charge in [-0.05, 0) is 30.2 Å². The van der Waals surface area contributed by atoms with Crippen LogP contribution in [0, 0.1) is 6.92 Å². The van der Waals surface area contributed by atoms with Crippen molar-refractivity contribution < 1.29 is 14.3 Å². The van der Waals surface area contributed by atoms with E-state index in [2.05, 4.69) is 34.2 Å². The molecule has 1 fully saturated rings. The van der Waals surface area contributed by atoms with Gasteiger partial charge in [0.2, 0.25) is 0 Å². The second-order valence-electron chi connectivity index (χ2n) is 8.77. The lowest BCUT2D eigenvalue weighted by atomic mass is 10.1. The molecule has 8 heteroatoms. The largest absolute Gasteiger partial charge is 0.482 e. The van der Waals surface area contributed by atoms with Gasteiger partial charge in [0.05, 0.1) is 12.2 Å². The Morgan fingerprint density at radius 2 is 1.91 bits per heavy atom. The molecule has 0 saturated carbocycles. The zero-order valence-electron chi connectivity index (χ0n) is 19.7. The van der Waals surface area contributed by atoms with E-state index in [1.54, 1.807) is 10.3 Å². The lowest BCUT2D eigenvalue weighted by Gasteiger charge is -2.33. The minimum absolute atomic E-state index is 0.0123. The first kappa shape index (κ1) is 23.3. The van der Waals surface area contributed by atoms with Gasteiger partial charge in [-0.1, -0.05) is 48.6 Å². The fourth-order valence-corrected chi connectivity index (χ4v) is 5.06. The smallest absolute Gasteiger partial charge is 0.273 e. The summed E-state index contributed by atoms with van der Waals surface area (Å²) in [6, 6.07) is 16.0. The van der Waals surface area contributed by atoms with Gasteiger partial charge in [-0.25, -0.2) is 4.98 Å². The average molecular weight is 489 g/mol. The first-order valence-electron chi connectivity index (χ1n) is 11.8. The standard InChI is InChI=1S/C27H28N4O3S/c1-20-9-10-23-24(16-20)34-18-26(32)31(23)17-25-28-22(19-35-25)27(33)30-14-12-29(13-15-30)11-5-8-21-6-3-2-4-7-21/h2-10,16,19H,11-15,17-18H2,1H3. The van der Waals surface area contributed by atoms with Gasteiger partial charge in [0.15, 0.2) is 6.61 Å². The Balaban J connectivity index is 1.16.